The first kappa shape index (κ1) is 41.9. The van der Waals surface area contributed by atoms with Crippen molar-refractivity contribution in [2.45, 2.75) is 47.3 Å². The SMILES string of the molecule is CC.CCC.CN(C)CC(=O)NCCN(C)CCOCc1ccccc1.CNCC=O.CNCc1ccccc1. The van der Waals surface area contributed by atoms with E-state index in [4.69, 9.17) is 4.74 Å². The van der Waals surface area contributed by atoms with Crippen molar-refractivity contribution in [2.24, 2.45) is 0 Å². The van der Waals surface area contributed by atoms with Crippen molar-refractivity contribution in [3.8, 4) is 0 Å². The minimum absolute atomic E-state index is 0.0636. The van der Waals surface area contributed by atoms with Crippen molar-refractivity contribution in [3.63, 3.8) is 0 Å². The van der Waals surface area contributed by atoms with Crippen LogP contribution in [-0.4, -0.2) is 96.6 Å². The smallest absolute Gasteiger partial charge is 0.234 e. The summed E-state index contributed by atoms with van der Waals surface area (Å²) >= 11 is 0. The van der Waals surface area contributed by atoms with E-state index >= 15 is 0 Å². The second kappa shape index (κ2) is 34.4. The number of nitrogens with zero attached hydrogens (tertiary/aromatic N) is 2. The van der Waals surface area contributed by atoms with Gasteiger partial charge in [-0.25, -0.2) is 0 Å². The fourth-order valence-corrected chi connectivity index (χ4v) is 2.71. The Bertz CT molecular complexity index is 762. The van der Waals surface area contributed by atoms with E-state index in [0.717, 1.165) is 25.9 Å². The van der Waals surface area contributed by atoms with E-state index in [0.29, 0.717) is 32.8 Å². The molecule has 0 bridgehead atoms. The number of carbonyl (C=O) groups is 2. The molecule has 2 aromatic rings. The Labute approximate surface area is 245 Å². The number of rotatable bonds is 14. The first-order valence-corrected chi connectivity index (χ1v) is 14.3. The molecule has 1 amide bonds. The van der Waals surface area contributed by atoms with Gasteiger partial charge in [-0.3, -0.25) is 4.79 Å². The Morgan fingerprint density at radius 1 is 0.850 bits per heavy atom. The molecule has 0 heterocycles. The predicted octanol–water partition coefficient (Wildman–Crippen LogP) is 4.07. The van der Waals surface area contributed by atoms with Crippen molar-refractivity contribution >= 4 is 12.2 Å². The van der Waals surface area contributed by atoms with Crippen molar-refractivity contribution < 1.29 is 14.3 Å². The second-order valence-electron chi connectivity index (χ2n) is 8.88. The lowest BCUT2D eigenvalue weighted by Crippen LogP contribution is -2.38. The molecule has 0 saturated carbocycles. The minimum Gasteiger partial charge on any atom is -0.375 e. The van der Waals surface area contributed by atoms with Crippen LogP contribution in [0.2, 0.25) is 0 Å². The van der Waals surface area contributed by atoms with Gasteiger partial charge in [-0.05, 0) is 46.4 Å². The Morgan fingerprint density at radius 3 is 1.80 bits per heavy atom. The molecule has 0 saturated heterocycles. The fourth-order valence-electron chi connectivity index (χ4n) is 2.71. The maximum absolute atomic E-state index is 11.5. The summed E-state index contributed by atoms with van der Waals surface area (Å²) in [6, 6.07) is 20.5. The summed E-state index contributed by atoms with van der Waals surface area (Å²) in [6.45, 7) is 13.8. The molecule has 8 heteroatoms. The van der Waals surface area contributed by atoms with Gasteiger partial charge in [0.2, 0.25) is 5.91 Å². The zero-order valence-electron chi connectivity index (χ0n) is 26.8. The zero-order valence-corrected chi connectivity index (χ0v) is 26.8. The highest BCUT2D eigenvalue weighted by atomic mass is 16.5. The molecule has 0 aliphatic carbocycles. The second-order valence-corrected chi connectivity index (χ2v) is 8.88. The molecule has 0 aliphatic heterocycles. The van der Waals surface area contributed by atoms with E-state index < -0.39 is 0 Å². The van der Waals surface area contributed by atoms with Gasteiger partial charge in [0.15, 0.2) is 0 Å². The van der Waals surface area contributed by atoms with Crippen LogP contribution >= 0.6 is 0 Å². The number of benzene rings is 2. The maximum atomic E-state index is 11.5. The maximum Gasteiger partial charge on any atom is 0.234 e. The van der Waals surface area contributed by atoms with Crippen LogP contribution in [-0.2, 0) is 27.5 Å². The highest BCUT2D eigenvalue weighted by molar-refractivity contribution is 5.77. The molecule has 0 spiro atoms. The molecular formula is C32H59N5O3. The Hall–Kier alpha value is -2.62. The molecule has 0 atom stereocenters. The van der Waals surface area contributed by atoms with E-state index in [-0.39, 0.29) is 5.91 Å². The number of hydrogen-bond donors (Lipinski definition) is 3. The number of hydrogen-bond acceptors (Lipinski definition) is 7. The number of ether oxygens (including phenoxy) is 1. The Morgan fingerprint density at radius 2 is 1.38 bits per heavy atom. The number of nitrogens with one attached hydrogen (secondary N) is 3. The first-order valence-electron chi connectivity index (χ1n) is 14.3. The lowest BCUT2D eigenvalue weighted by Gasteiger charge is -2.17. The van der Waals surface area contributed by atoms with Gasteiger partial charge >= 0.3 is 0 Å². The molecule has 0 aliphatic rings. The highest BCUT2D eigenvalue weighted by Gasteiger charge is 2.03. The fraction of sp³-hybridized carbons (Fsp3) is 0.562. The summed E-state index contributed by atoms with van der Waals surface area (Å²) in [5.74, 6) is 0.0636. The molecule has 2 rings (SSSR count). The van der Waals surface area contributed by atoms with Crippen LogP contribution in [0, 0.1) is 0 Å². The molecule has 0 radical (unpaired) electrons. The first-order chi connectivity index (χ1) is 19.3. The third kappa shape index (κ3) is 33.4. The van der Waals surface area contributed by atoms with Crippen LogP contribution in [0.25, 0.3) is 0 Å². The molecule has 40 heavy (non-hydrogen) atoms. The van der Waals surface area contributed by atoms with Gasteiger partial charge in [0.05, 0.1) is 26.3 Å². The molecule has 3 N–H and O–H groups in total. The van der Waals surface area contributed by atoms with E-state index in [2.05, 4.69) is 59.0 Å². The van der Waals surface area contributed by atoms with Gasteiger partial charge in [0.25, 0.3) is 0 Å². The lowest BCUT2D eigenvalue weighted by atomic mass is 10.2. The minimum atomic E-state index is 0.0636. The van der Waals surface area contributed by atoms with Gasteiger partial charge in [0.1, 0.15) is 6.29 Å². The van der Waals surface area contributed by atoms with Crippen LogP contribution in [0.15, 0.2) is 60.7 Å². The average Bonchev–Trinajstić information content (AvgIpc) is 2.95. The van der Waals surface area contributed by atoms with Gasteiger partial charge in [-0.1, -0.05) is 94.8 Å². The monoisotopic (exact) mass is 561 g/mol. The van der Waals surface area contributed by atoms with E-state index in [1.54, 1.807) is 7.05 Å². The highest BCUT2D eigenvalue weighted by Crippen LogP contribution is 2.00. The topological polar surface area (TPSA) is 85.9 Å². The zero-order chi connectivity index (χ0) is 30.9. The van der Waals surface area contributed by atoms with Gasteiger partial charge in [0, 0.05) is 26.2 Å². The van der Waals surface area contributed by atoms with Crippen LogP contribution in [0.5, 0.6) is 0 Å². The summed E-state index contributed by atoms with van der Waals surface area (Å²) in [6.07, 6.45) is 2.07. The van der Waals surface area contributed by atoms with Crippen molar-refractivity contribution in [2.75, 3.05) is 74.6 Å². The molecule has 0 unspecified atom stereocenters. The average molecular weight is 562 g/mol. The van der Waals surface area contributed by atoms with Crippen LogP contribution in [0.1, 0.15) is 45.2 Å². The number of amides is 1. The molecule has 2 aromatic carbocycles. The largest absolute Gasteiger partial charge is 0.375 e. The van der Waals surface area contributed by atoms with Crippen LogP contribution in [0.4, 0.5) is 0 Å². The van der Waals surface area contributed by atoms with Crippen LogP contribution < -0.4 is 16.0 Å². The summed E-state index contributed by atoms with van der Waals surface area (Å²) in [5.41, 5.74) is 2.52. The molecular weight excluding hydrogens is 502 g/mol. The van der Waals surface area contributed by atoms with Gasteiger partial charge < -0.3 is 35.3 Å². The van der Waals surface area contributed by atoms with E-state index in [1.807, 2.05) is 83.3 Å². The van der Waals surface area contributed by atoms with Crippen molar-refractivity contribution in [1.29, 1.82) is 0 Å². The lowest BCUT2D eigenvalue weighted by molar-refractivity contribution is -0.121. The summed E-state index contributed by atoms with van der Waals surface area (Å²) in [5, 5.41) is 8.63. The third-order valence-electron chi connectivity index (χ3n) is 4.52. The Balaban J connectivity index is -0.000000588. The number of carbonyl (C=O) groups excluding carboxylic acids is 2. The number of likely N-dealkylation sites (N-methyl/N-ethyl adjacent to an activating group) is 3. The normalized spacial score (nSPS) is 9.47. The molecule has 0 aromatic heterocycles. The van der Waals surface area contributed by atoms with E-state index in [9.17, 15) is 9.59 Å². The predicted molar refractivity (Wildman–Crippen MR) is 172 cm³/mol. The van der Waals surface area contributed by atoms with Gasteiger partial charge in [-0.2, -0.15) is 0 Å². The quantitative estimate of drug-likeness (QED) is 0.237. The standard InChI is InChI=1S/C16H27N3O2.C8H11N.C3H7NO.C3H8.C2H6/c1-18(2)13-16(20)17-9-10-19(3)11-12-21-14-15-7-5-4-6-8-15;1-9-7-8-5-3-2-4-6-8;1-4-2-3-5;1-3-2;1-2/h4-8H,9-14H2,1-3H3,(H,17,20);2-6,9H,7H2,1H3;3-4H,2H2,1H3;3H2,1-2H3;1-2H3. The van der Waals surface area contributed by atoms with Crippen molar-refractivity contribution in [1.82, 2.24) is 25.8 Å². The summed E-state index contributed by atoms with van der Waals surface area (Å²) in [7, 11) is 9.48. The summed E-state index contributed by atoms with van der Waals surface area (Å²) < 4.78 is 5.63. The molecule has 8 nitrogen and oxygen atoms in total. The van der Waals surface area contributed by atoms with Crippen molar-refractivity contribution in [3.05, 3.63) is 71.8 Å². The van der Waals surface area contributed by atoms with Crippen LogP contribution in [0.3, 0.4) is 0 Å². The Kier molecular flexibility index (Phi) is 36.0. The third-order valence-corrected chi connectivity index (χ3v) is 4.52. The molecule has 230 valence electrons. The van der Waals surface area contributed by atoms with Gasteiger partial charge in [-0.15, -0.1) is 0 Å². The summed E-state index contributed by atoms with van der Waals surface area (Å²) in [4.78, 5) is 24.8. The number of aldehydes is 1. The van der Waals surface area contributed by atoms with E-state index in [1.165, 1.54) is 17.5 Å². The molecule has 0 fully saturated rings.